The van der Waals surface area contributed by atoms with Crippen molar-refractivity contribution in [2.75, 3.05) is 7.11 Å². The zero-order valence-corrected chi connectivity index (χ0v) is 12.8. The number of aromatic hydroxyl groups is 1. The van der Waals surface area contributed by atoms with Crippen molar-refractivity contribution in [1.29, 1.82) is 0 Å². The third-order valence-electron chi connectivity index (χ3n) is 3.11. The molecule has 0 aliphatic carbocycles. The van der Waals surface area contributed by atoms with Crippen LogP contribution in [0.25, 0.3) is 0 Å². The van der Waals surface area contributed by atoms with Gasteiger partial charge >= 0.3 is 0 Å². The van der Waals surface area contributed by atoms with Crippen LogP contribution in [0.3, 0.4) is 0 Å². The first-order valence-corrected chi connectivity index (χ1v) is 7.36. The predicted octanol–water partition coefficient (Wildman–Crippen LogP) is 3.21. The van der Waals surface area contributed by atoms with E-state index in [2.05, 4.69) is 17.5 Å². The van der Waals surface area contributed by atoms with Gasteiger partial charge in [-0.25, -0.2) is 5.43 Å². The van der Waals surface area contributed by atoms with Crippen molar-refractivity contribution in [1.82, 2.24) is 5.43 Å². The van der Waals surface area contributed by atoms with E-state index in [1.54, 1.807) is 12.1 Å². The molecule has 21 heavy (non-hydrogen) atoms. The summed E-state index contributed by atoms with van der Waals surface area (Å²) in [7, 11) is 1.48. The molecule has 1 aromatic rings. The Bertz CT molecular complexity index is 473. The molecule has 0 unspecified atom stereocenters. The number of hydrazone groups is 1. The van der Waals surface area contributed by atoms with Gasteiger partial charge in [-0.1, -0.05) is 32.6 Å². The maximum absolute atomic E-state index is 11.6. The minimum absolute atomic E-state index is 0.0748. The lowest BCUT2D eigenvalue weighted by Crippen LogP contribution is -2.16. The van der Waals surface area contributed by atoms with Gasteiger partial charge in [0.15, 0.2) is 11.5 Å². The highest BCUT2D eigenvalue weighted by Crippen LogP contribution is 2.25. The van der Waals surface area contributed by atoms with Crippen LogP contribution in [0.1, 0.15) is 51.0 Å². The lowest BCUT2D eigenvalue weighted by atomic mass is 10.1. The summed E-state index contributed by atoms with van der Waals surface area (Å²) in [6.45, 7) is 2.17. The number of carbonyl (C=O) groups is 1. The van der Waals surface area contributed by atoms with Gasteiger partial charge in [0.05, 0.1) is 13.3 Å². The van der Waals surface area contributed by atoms with Crippen molar-refractivity contribution in [3.8, 4) is 11.5 Å². The van der Waals surface area contributed by atoms with Crippen LogP contribution >= 0.6 is 0 Å². The highest BCUT2D eigenvalue weighted by molar-refractivity contribution is 5.83. The molecule has 2 N–H and O–H groups in total. The van der Waals surface area contributed by atoms with Crippen LogP contribution in [0.5, 0.6) is 11.5 Å². The van der Waals surface area contributed by atoms with Crippen LogP contribution in [0.2, 0.25) is 0 Å². The lowest BCUT2D eigenvalue weighted by molar-refractivity contribution is -0.121. The van der Waals surface area contributed by atoms with Crippen LogP contribution in [-0.2, 0) is 4.79 Å². The molecule has 5 nitrogen and oxygen atoms in total. The fraction of sp³-hybridized carbons (Fsp3) is 0.500. The number of carbonyl (C=O) groups excluding carboxylic acids is 1. The number of phenols is 1. The SMILES string of the molecule is CCCCCCCC(=O)NN=Cc1ccc(O)c(OC)c1. The highest BCUT2D eigenvalue weighted by atomic mass is 16.5. The van der Waals surface area contributed by atoms with Crippen molar-refractivity contribution >= 4 is 12.1 Å². The fourth-order valence-electron chi connectivity index (χ4n) is 1.90. The highest BCUT2D eigenvalue weighted by Gasteiger charge is 2.01. The molecule has 0 fully saturated rings. The van der Waals surface area contributed by atoms with Crippen molar-refractivity contribution in [2.45, 2.75) is 45.4 Å². The molecule has 0 saturated carbocycles. The van der Waals surface area contributed by atoms with E-state index in [9.17, 15) is 9.90 Å². The second-order valence-corrected chi connectivity index (χ2v) is 4.89. The maximum atomic E-state index is 11.6. The molecule has 0 heterocycles. The smallest absolute Gasteiger partial charge is 0.240 e. The number of phenolic OH excluding ortho intramolecular Hbond substituents is 1. The largest absolute Gasteiger partial charge is 0.504 e. The number of nitrogens with one attached hydrogen (secondary N) is 1. The molecule has 0 aromatic heterocycles. The zero-order valence-electron chi connectivity index (χ0n) is 12.8. The van der Waals surface area contributed by atoms with E-state index in [1.807, 2.05) is 0 Å². The Morgan fingerprint density at radius 3 is 2.81 bits per heavy atom. The normalized spacial score (nSPS) is 10.8. The number of amides is 1. The van der Waals surface area contributed by atoms with Gasteiger partial charge in [-0.15, -0.1) is 0 Å². The Kier molecular flexibility index (Phi) is 7.94. The zero-order chi connectivity index (χ0) is 15.5. The first-order valence-electron chi connectivity index (χ1n) is 7.36. The molecule has 0 aliphatic rings. The number of hydrogen-bond acceptors (Lipinski definition) is 4. The van der Waals surface area contributed by atoms with Crippen LogP contribution in [0.15, 0.2) is 23.3 Å². The van der Waals surface area contributed by atoms with Crippen LogP contribution in [0, 0.1) is 0 Å². The monoisotopic (exact) mass is 292 g/mol. The van der Waals surface area contributed by atoms with Crippen molar-refractivity contribution in [3.63, 3.8) is 0 Å². The van der Waals surface area contributed by atoms with Gasteiger partial charge < -0.3 is 9.84 Å². The third-order valence-corrected chi connectivity index (χ3v) is 3.11. The summed E-state index contributed by atoms with van der Waals surface area (Å²) in [6.07, 6.45) is 7.61. The predicted molar refractivity (Wildman–Crippen MR) is 83.8 cm³/mol. The van der Waals surface area contributed by atoms with Crippen LogP contribution in [0.4, 0.5) is 0 Å². The van der Waals surface area contributed by atoms with E-state index >= 15 is 0 Å². The molecule has 116 valence electrons. The molecule has 5 heteroatoms. The molecular formula is C16H24N2O3. The summed E-state index contributed by atoms with van der Waals surface area (Å²) < 4.78 is 5.00. The lowest BCUT2D eigenvalue weighted by Gasteiger charge is -2.03. The molecule has 0 bridgehead atoms. The summed E-state index contributed by atoms with van der Waals surface area (Å²) in [5.74, 6) is 0.375. The van der Waals surface area contributed by atoms with Gasteiger partial charge in [0.25, 0.3) is 0 Å². The Morgan fingerprint density at radius 1 is 1.33 bits per heavy atom. The van der Waals surface area contributed by atoms with Crippen molar-refractivity contribution in [3.05, 3.63) is 23.8 Å². The average molecular weight is 292 g/mol. The molecule has 1 amide bonds. The Balaban J connectivity index is 2.32. The second-order valence-electron chi connectivity index (χ2n) is 4.89. The number of ether oxygens (including phenoxy) is 1. The van der Waals surface area contributed by atoms with E-state index in [1.165, 1.54) is 38.7 Å². The van der Waals surface area contributed by atoms with Gasteiger partial charge in [-0.3, -0.25) is 4.79 Å². The summed E-state index contributed by atoms with van der Waals surface area (Å²) >= 11 is 0. The molecular weight excluding hydrogens is 268 g/mol. The Labute approximate surface area is 126 Å². The van der Waals surface area contributed by atoms with E-state index in [0.717, 1.165) is 18.4 Å². The molecule has 0 spiro atoms. The average Bonchev–Trinajstić information content (AvgIpc) is 2.48. The minimum Gasteiger partial charge on any atom is -0.504 e. The Hall–Kier alpha value is -2.04. The first kappa shape index (κ1) is 17.0. The van der Waals surface area contributed by atoms with Gasteiger partial charge in [-0.05, 0) is 30.2 Å². The Morgan fingerprint density at radius 2 is 2.10 bits per heavy atom. The van der Waals surface area contributed by atoms with E-state index in [4.69, 9.17) is 4.74 Å². The van der Waals surface area contributed by atoms with E-state index in [0.29, 0.717) is 12.2 Å². The van der Waals surface area contributed by atoms with Crippen LogP contribution < -0.4 is 10.2 Å². The van der Waals surface area contributed by atoms with Crippen LogP contribution in [-0.4, -0.2) is 24.3 Å². The van der Waals surface area contributed by atoms with E-state index in [-0.39, 0.29) is 11.7 Å². The fourth-order valence-corrected chi connectivity index (χ4v) is 1.90. The number of methoxy groups -OCH3 is 1. The van der Waals surface area contributed by atoms with Crippen molar-refractivity contribution in [2.24, 2.45) is 5.10 Å². The molecule has 0 saturated heterocycles. The number of nitrogens with zero attached hydrogens (tertiary/aromatic N) is 1. The summed E-state index contributed by atoms with van der Waals surface area (Å²) in [5, 5.41) is 13.4. The summed E-state index contributed by atoms with van der Waals surface area (Å²) in [6, 6.07) is 4.86. The van der Waals surface area contributed by atoms with Gasteiger partial charge in [0.2, 0.25) is 5.91 Å². The van der Waals surface area contributed by atoms with E-state index < -0.39 is 0 Å². The molecule has 0 aliphatic heterocycles. The number of benzene rings is 1. The van der Waals surface area contributed by atoms with Gasteiger partial charge in [0.1, 0.15) is 0 Å². The molecule has 0 radical (unpaired) electrons. The topological polar surface area (TPSA) is 70.9 Å². The number of rotatable bonds is 9. The summed E-state index contributed by atoms with van der Waals surface area (Å²) in [5.41, 5.74) is 3.24. The van der Waals surface area contributed by atoms with Crippen molar-refractivity contribution < 1.29 is 14.6 Å². The number of unbranched alkanes of at least 4 members (excludes halogenated alkanes) is 4. The van der Waals surface area contributed by atoms with Gasteiger partial charge in [-0.2, -0.15) is 5.10 Å². The maximum Gasteiger partial charge on any atom is 0.240 e. The first-order chi connectivity index (χ1) is 10.2. The molecule has 1 aromatic carbocycles. The third kappa shape index (κ3) is 6.79. The van der Waals surface area contributed by atoms with Gasteiger partial charge in [0, 0.05) is 6.42 Å². The number of hydrogen-bond donors (Lipinski definition) is 2. The quantitative estimate of drug-likeness (QED) is 0.417. The minimum atomic E-state index is -0.0755. The standard InChI is InChI=1S/C16H24N2O3/c1-3-4-5-6-7-8-16(20)18-17-12-13-9-10-14(19)15(11-13)21-2/h9-12,19H,3-8H2,1-2H3,(H,18,20). The summed E-state index contributed by atoms with van der Waals surface area (Å²) in [4.78, 5) is 11.6. The second kappa shape index (κ2) is 9.80. The molecule has 0 atom stereocenters. The molecule has 1 rings (SSSR count).